The predicted octanol–water partition coefficient (Wildman–Crippen LogP) is -2.66. The van der Waals surface area contributed by atoms with Crippen molar-refractivity contribution in [2.24, 2.45) is 63.4 Å². The molecule has 0 aromatic carbocycles. The average Bonchev–Trinajstić information content (AvgIpc) is 3.17. The van der Waals surface area contributed by atoms with Crippen molar-refractivity contribution in [1.82, 2.24) is 0 Å². The van der Waals surface area contributed by atoms with Gasteiger partial charge in [0.15, 0.2) is 0 Å². The van der Waals surface area contributed by atoms with Crippen LogP contribution in [0.25, 0.3) is 0 Å². The fraction of sp³-hybridized carbons (Fsp3) is 0.727. The van der Waals surface area contributed by atoms with Crippen LogP contribution in [0.4, 0.5) is 0 Å². The van der Waals surface area contributed by atoms with Crippen LogP contribution in [0.15, 0.2) is 0 Å². The molecule has 29 heteroatoms. The minimum Gasteiger partial charge on any atom is -0.480 e. The number of aliphatic carboxylic acids is 8. The number of thioether (sulfide) groups is 1. The first-order valence-corrected chi connectivity index (χ1v) is 21.9. The number of carbonyl (C=O) groups is 9. The van der Waals surface area contributed by atoms with Crippen molar-refractivity contribution in [1.29, 1.82) is 0 Å². The SMILES string of the molecule is CC(C)C[C@H](N)C(=O)O.CC[C@H](C)[C@H](N)C(=O)O.CSCC[C@H](N)C(=O)O.C[C@H](N)C(=O)O.NC(=O)CC[C@H](N)C(=O)O.NC(CSSC[C@H](N)C(=O)O)C(=O)O.NCC(=O)O. The van der Waals surface area contributed by atoms with Crippen LogP contribution in [0, 0.1) is 11.8 Å². The maximum absolute atomic E-state index is 10.3. The van der Waals surface area contributed by atoms with E-state index in [0.29, 0.717) is 18.8 Å². The molecule has 62 heavy (non-hydrogen) atoms. The maximum atomic E-state index is 10.3. The lowest BCUT2D eigenvalue weighted by Crippen LogP contribution is -2.36. The molecule has 1 unspecified atom stereocenters. The Morgan fingerprint density at radius 2 is 0.855 bits per heavy atom. The average molecular weight is 962 g/mol. The Bertz CT molecular complexity index is 1250. The van der Waals surface area contributed by atoms with Gasteiger partial charge in [-0.3, -0.25) is 43.2 Å². The molecule has 0 aliphatic heterocycles. The Morgan fingerprint density at radius 1 is 0.532 bits per heavy atom. The number of hydrogen-bond donors (Lipinski definition) is 17. The van der Waals surface area contributed by atoms with Gasteiger partial charge >= 0.3 is 47.8 Å². The van der Waals surface area contributed by atoms with Gasteiger partial charge in [-0.2, -0.15) is 11.8 Å². The fourth-order valence-electron chi connectivity index (χ4n) is 2.28. The number of amides is 1. The summed E-state index contributed by atoms with van der Waals surface area (Å²) in [6, 6.07) is -5.63. The predicted molar refractivity (Wildman–Crippen MR) is 237 cm³/mol. The molecule has 0 bridgehead atoms. The molecule has 368 valence electrons. The Labute approximate surface area is 372 Å². The zero-order chi connectivity index (χ0) is 50.9. The summed E-state index contributed by atoms with van der Waals surface area (Å²) in [5.41, 5.74) is 45.3. The third kappa shape index (κ3) is 62.6. The van der Waals surface area contributed by atoms with E-state index in [4.69, 9.17) is 86.7 Å². The maximum Gasteiger partial charge on any atom is 0.321 e. The largest absolute Gasteiger partial charge is 0.480 e. The molecule has 0 saturated carbocycles. The number of hydrogen-bond acceptors (Lipinski definition) is 20. The van der Waals surface area contributed by atoms with Gasteiger partial charge in [0.05, 0.1) is 6.54 Å². The van der Waals surface area contributed by atoms with E-state index in [1.807, 2.05) is 34.0 Å². The molecule has 0 aromatic rings. The van der Waals surface area contributed by atoms with Crippen molar-refractivity contribution >= 4 is 87.0 Å². The van der Waals surface area contributed by atoms with Crippen molar-refractivity contribution in [3.8, 4) is 0 Å². The highest BCUT2D eigenvalue weighted by molar-refractivity contribution is 8.76. The first-order valence-electron chi connectivity index (χ1n) is 18.0. The number of carboxylic acids is 8. The number of carboxylic acid groups (broad SMARTS) is 8. The molecule has 0 spiro atoms. The zero-order valence-corrected chi connectivity index (χ0v) is 38.2. The molecule has 0 rings (SSSR count). The van der Waals surface area contributed by atoms with Crippen LogP contribution >= 0.6 is 33.3 Å². The molecule has 0 aliphatic rings. The molecule has 0 aliphatic carbocycles. The van der Waals surface area contributed by atoms with Crippen LogP contribution in [0.5, 0.6) is 0 Å². The van der Waals surface area contributed by atoms with Gasteiger partial charge in [0.2, 0.25) is 5.91 Å². The van der Waals surface area contributed by atoms with Gasteiger partial charge < -0.3 is 92.5 Å². The van der Waals surface area contributed by atoms with E-state index >= 15 is 0 Å². The quantitative estimate of drug-likeness (QED) is 0.0367. The smallest absolute Gasteiger partial charge is 0.321 e. The number of carbonyl (C=O) groups excluding carboxylic acids is 1. The highest BCUT2D eigenvalue weighted by atomic mass is 33.1. The summed E-state index contributed by atoms with van der Waals surface area (Å²) < 4.78 is 0. The highest BCUT2D eigenvalue weighted by Gasteiger charge is 2.18. The zero-order valence-electron chi connectivity index (χ0n) is 35.7. The lowest BCUT2D eigenvalue weighted by atomic mass is 10.0. The van der Waals surface area contributed by atoms with Gasteiger partial charge in [-0.15, -0.1) is 0 Å². The van der Waals surface area contributed by atoms with Crippen LogP contribution in [0.2, 0.25) is 0 Å². The summed E-state index contributed by atoms with van der Waals surface area (Å²) in [6.45, 7) is 8.79. The van der Waals surface area contributed by atoms with Gasteiger partial charge in [0.25, 0.3) is 0 Å². The number of rotatable bonds is 23. The normalized spacial score (nSPS) is 13.6. The Hall–Kier alpha value is -4.04. The third-order valence-corrected chi connectivity index (χ3v) is 9.45. The van der Waals surface area contributed by atoms with Gasteiger partial charge in [-0.05, 0) is 50.0 Å². The van der Waals surface area contributed by atoms with Gasteiger partial charge in [-0.25, -0.2) is 0 Å². The molecule has 0 aromatic heterocycles. The molecular weight excluding hydrogens is 891 g/mol. The highest BCUT2D eigenvalue weighted by Crippen LogP contribution is 2.22. The van der Waals surface area contributed by atoms with Crippen molar-refractivity contribution in [3.63, 3.8) is 0 Å². The summed E-state index contributed by atoms with van der Waals surface area (Å²) in [4.78, 5) is 89.8. The summed E-state index contributed by atoms with van der Waals surface area (Å²) in [6.07, 6.45) is 3.96. The van der Waals surface area contributed by atoms with Crippen molar-refractivity contribution < 1.29 is 84.0 Å². The van der Waals surface area contributed by atoms with E-state index < -0.39 is 96.0 Å². The van der Waals surface area contributed by atoms with Crippen molar-refractivity contribution in [2.75, 3.05) is 30.1 Å². The topological polar surface area (TPSA) is 550 Å². The second kappa shape index (κ2) is 46.5. The Balaban J connectivity index is -0.000000116. The lowest BCUT2D eigenvalue weighted by molar-refractivity contribution is -0.140. The molecule has 26 N–H and O–H groups in total. The lowest BCUT2D eigenvalue weighted by Gasteiger charge is -2.11. The molecule has 26 nitrogen and oxygen atoms in total. The Morgan fingerprint density at radius 3 is 1.03 bits per heavy atom. The fourth-order valence-corrected chi connectivity index (χ4v) is 5.00. The number of primary amides is 1. The Kier molecular flexibility index (Phi) is 54.3. The van der Waals surface area contributed by atoms with E-state index in [0.717, 1.165) is 12.2 Å². The van der Waals surface area contributed by atoms with E-state index in [-0.39, 0.29) is 36.8 Å². The second-order valence-electron chi connectivity index (χ2n) is 12.7. The monoisotopic (exact) mass is 961 g/mol. The van der Waals surface area contributed by atoms with E-state index in [9.17, 15) is 43.2 Å². The van der Waals surface area contributed by atoms with Crippen LogP contribution in [0.1, 0.15) is 66.7 Å². The minimum absolute atomic E-state index is 0.0213. The van der Waals surface area contributed by atoms with Crippen LogP contribution < -0.4 is 51.6 Å². The first-order chi connectivity index (χ1) is 28.2. The molecule has 0 radical (unpaired) electrons. The molecule has 0 heterocycles. The van der Waals surface area contributed by atoms with Crippen molar-refractivity contribution in [2.45, 2.75) is 109 Å². The standard InChI is InChI=1S/C6H12N2O4S2.2C6H13NO2.C5H10N2O3.C5H11NO2S.C3H7NO2.C2H5NO2/c7-3(5(9)10)1-13-14-2-4(8)6(11)12;1-4(2)3-5(7)6(8)9;1-3-4(2)5(7)6(8)9;6-3(5(9)10)1-2-4(7)8;1-9-3-2-4(6)5(7)8;1-2(4)3(5)6;3-1-2(4)5/h3-4H,1-2,7-8H2,(H,9,10)(H,11,12);2*4-5H,3,7H2,1-2H3,(H,8,9);3H,1-2,6H2,(H2,7,8)(H,9,10);4H,2-3,6H2,1H3,(H,7,8);2H,4H2,1H3,(H,5,6);1,3H2,(H,4,5)/t3-,4?;5-;4-,5-;3-;4-;2-;/m000000./s1. The molecule has 8 atom stereocenters. The third-order valence-electron chi connectivity index (χ3n) is 6.33. The van der Waals surface area contributed by atoms with Crippen LogP contribution in [-0.2, 0) is 43.2 Å². The summed E-state index contributed by atoms with van der Waals surface area (Å²) in [5.74, 6) is -6.75. The van der Waals surface area contributed by atoms with Crippen LogP contribution in [-0.4, -0.2) is 167 Å². The van der Waals surface area contributed by atoms with E-state index in [2.05, 4.69) is 5.73 Å². The summed E-state index contributed by atoms with van der Waals surface area (Å²) in [7, 11) is 2.41. The van der Waals surface area contributed by atoms with Crippen molar-refractivity contribution in [3.05, 3.63) is 0 Å². The molecule has 0 saturated heterocycles. The molecule has 0 fully saturated rings. The van der Waals surface area contributed by atoms with Gasteiger partial charge in [0, 0.05) is 17.9 Å². The second-order valence-corrected chi connectivity index (χ2v) is 16.2. The van der Waals surface area contributed by atoms with Gasteiger partial charge in [-0.1, -0.05) is 55.7 Å². The molecular formula is C33H71N9O17S3. The summed E-state index contributed by atoms with van der Waals surface area (Å²) >= 11 is 1.60. The van der Waals surface area contributed by atoms with E-state index in [1.54, 1.807) is 11.8 Å². The minimum atomic E-state index is -1.11. The van der Waals surface area contributed by atoms with Crippen LogP contribution in [0.3, 0.4) is 0 Å². The van der Waals surface area contributed by atoms with Gasteiger partial charge in [0.1, 0.15) is 42.3 Å². The number of nitrogens with two attached hydrogens (primary N) is 9. The van der Waals surface area contributed by atoms with E-state index in [1.165, 1.54) is 28.5 Å². The first kappa shape index (κ1) is 72.4. The summed E-state index contributed by atoms with van der Waals surface area (Å²) in [5, 5.41) is 65.4. The molecule has 1 amide bonds.